The van der Waals surface area contributed by atoms with Gasteiger partial charge in [0, 0.05) is 17.1 Å². The maximum atomic E-state index is 12.0. The summed E-state index contributed by atoms with van der Waals surface area (Å²) < 4.78 is 0. The minimum Gasteiger partial charge on any atom is -0.361 e. The quantitative estimate of drug-likeness (QED) is 0.731. The lowest BCUT2D eigenvalue weighted by atomic mass is 9.68. The van der Waals surface area contributed by atoms with E-state index in [0.29, 0.717) is 6.42 Å². The average Bonchev–Trinajstić information content (AvgIpc) is 2.69. The van der Waals surface area contributed by atoms with Crippen molar-refractivity contribution in [3.8, 4) is 0 Å². The Hall–Kier alpha value is -1.92. The summed E-state index contributed by atoms with van der Waals surface area (Å²) in [5.74, 6) is -1.59. The van der Waals surface area contributed by atoms with Crippen LogP contribution in [0.25, 0.3) is 0 Å². The summed E-state index contributed by atoms with van der Waals surface area (Å²) >= 11 is 0. The second-order valence-corrected chi connectivity index (χ2v) is 8.45. The molecule has 2 amide bonds. The Labute approximate surface area is 168 Å². The van der Waals surface area contributed by atoms with Gasteiger partial charge in [-0.2, -0.15) is 5.06 Å². The van der Waals surface area contributed by atoms with Crippen LogP contribution in [0.2, 0.25) is 0 Å². The normalized spacial score (nSPS) is 31.9. The van der Waals surface area contributed by atoms with Gasteiger partial charge in [-0.1, -0.05) is 51.1 Å². The minimum atomic E-state index is -0.944. The van der Waals surface area contributed by atoms with Gasteiger partial charge in [0.1, 0.15) is 6.10 Å². The number of hydroxylamine groups is 2. The molecule has 1 aromatic carbocycles. The van der Waals surface area contributed by atoms with Gasteiger partial charge in [-0.25, -0.2) is 0 Å². The van der Waals surface area contributed by atoms with E-state index in [2.05, 4.69) is 64.1 Å². The third-order valence-corrected chi connectivity index (χ3v) is 6.75. The topological polar surface area (TPSA) is 84.7 Å². The van der Waals surface area contributed by atoms with Gasteiger partial charge in [0.15, 0.2) is 0 Å². The van der Waals surface area contributed by atoms with E-state index in [1.165, 1.54) is 0 Å². The van der Waals surface area contributed by atoms with Crippen LogP contribution >= 0.6 is 0 Å². The van der Waals surface area contributed by atoms with E-state index in [-0.39, 0.29) is 29.1 Å². The van der Waals surface area contributed by atoms with Crippen LogP contribution in [-0.4, -0.2) is 34.0 Å². The Kier molecular flexibility index (Phi) is 6.88. The number of carbonyl (C=O) groups is 2. The summed E-state index contributed by atoms with van der Waals surface area (Å²) in [5.41, 5.74) is 5.68. The number of amides is 2. The van der Waals surface area contributed by atoms with E-state index in [4.69, 9.17) is 10.6 Å². The third-order valence-electron chi connectivity index (χ3n) is 6.75. The molecule has 5 unspecified atom stereocenters. The molecule has 6 nitrogen and oxygen atoms in total. The van der Waals surface area contributed by atoms with Crippen LogP contribution in [-0.2, 0) is 14.4 Å². The molecule has 1 aromatic rings. The molecule has 0 aromatic heterocycles. The number of nitrogens with one attached hydrogen (secondary N) is 1. The molecule has 6 heteroatoms. The molecule has 1 heterocycles. The predicted molar refractivity (Wildman–Crippen MR) is 110 cm³/mol. The molecule has 0 spiro atoms. The van der Waals surface area contributed by atoms with Gasteiger partial charge in [-0.05, 0) is 51.5 Å². The van der Waals surface area contributed by atoms with Crippen molar-refractivity contribution >= 4 is 11.8 Å². The van der Waals surface area contributed by atoms with Gasteiger partial charge in [-0.15, -0.1) is 0 Å². The Morgan fingerprint density at radius 2 is 1.86 bits per heavy atom. The fraction of sp³-hybridized carbons (Fsp3) is 0.636. The first-order valence-electron chi connectivity index (χ1n) is 10.2. The molecule has 1 fully saturated rings. The standard InChI is InChI=1S/C22H35N3O3/c1-7-21(5)14-18(24-20(27)19(23)26)15(3)22(6,8-2)25(21)28-16(4)17-12-10-9-11-13-17/h9-13,15-16,18H,7-8,14H2,1-6H3,(H2,23,26)(H,24,27). The van der Waals surface area contributed by atoms with E-state index in [1.54, 1.807) is 0 Å². The summed E-state index contributed by atoms with van der Waals surface area (Å²) in [7, 11) is 0. The molecule has 0 radical (unpaired) electrons. The van der Waals surface area contributed by atoms with Crippen molar-refractivity contribution in [2.24, 2.45) is 11.7 Å². The molecule has 0 aliphatic carbocycles. The van der Waals surface area contributed by atoms with Crippen LogP contribution in [0.15, 0.2) is 30.3 Å². The summed E-state index contributed by atoms with van der Waals surface area (Å²) in [6, 6.07) is 10.0. The van der Waals surface area contributed by atoms with E-state index in [1.807, 2.05) is 18.2 Å². The highest BCUT2D eigenvalue weighted by atomic mass is 16.7. The van der Waals surface area contributed by atoms with Gasteiger partial charge in [0.2, 0.25) is 0 Å². The molecule has 156 valence electrons. The summed E-state index contributed by atoms with van der Waals surface area (Å²) in [6.45, 7) is 12.8. The third kappa shape index (κ3) is 4.23. The van der Waals surface area contributed by atoms with Crippen molar-refractivity contribution in [2.45, 2.75) is 84.0 Å². The lowest BCUT2D eigenvalue weighted by Crippen LogP contribution is -2.70. The van der Waals surface area contributed by atoms with Gasteiger partial charge in [0.05, 0.1) is 0 Å². The highest BCUT2D eigenvalue weighted by molar-refractivity contribution is 6.34. The van der Waals surface area contributed by atoms with Crippen molar-refractivity contribution in [3.63, 3.8) is 0 Å². The zero-order valence-electron chi connectivity index (χ0n) is 18.0. The van der Waals surface area contributed by atoms with E-state index < -0.39 is 11.8 Å². The van der Waals surface area contributed by atoms with E-state index in [9.17, 15) is 9.59 Å². The Morgan fingerprint density at radius 1 is 1.25 bits per heavy atom. The number of carbonyl (C=O) groups excluding carboxylic acids is 2. The number of hydrogen-bond acceptors (Lipinski definition) is 4. The Bertz CT molecular complexity index is 696. The van der Waals surface area contributed by atoms with Crippen LogP contribution in [0.4, 0.5) is 0 Å². The first kappa shape index (κ1) is 22.4. The molecule has 28 heavy (non-hydrogen) atoms. The van der Waals surface area contributed by atoms with Crippen LogP contribution < -0.4 is 11.1 Å². The molecular formula is C22H35N3O3. The SMILES string of the molecule is CCC1(C)CC(NC(=O)C(N)=O)C(C)C(C)(CC)N1OC(C)c1ccccc1. The summed E-state index contributed by atoms with van der Waals surface area (Å²) in [5, 5.41) is 5.02. The van der Waals surface area contributed by atoms with Crippen LogP contribution in [0.1, 0.15) is 72.5 Å². The monoisotopic (exact) mass is 389 g/mol. The number of benzene rings is 1. The van der Waals surface area contributed by atoms with Gasteiger partial charge < -0.3 is 11.1 Å². The molecule has 2 rings (SSSR count). The first-order chi connectivity index (χ1) is 13.1. The largest absolute Gasteiger partial charge is 0.361 e. The molecule has 5 atom stereocenters. The second kappa shape index (κ2) is 8.62. The lowest BCUT2D eigenvalue weighted by Gasteiger charge is -2.60. The average molecular weight is 390 g/mol. The van der Waals surface area contributed by atoms with Crippen molar-refractivity contribution in [1.29, 1.82) is 0 Å². The van der Waals surface area contributed by atoms with Crippen LogP contribution in [0.3, 0.4) is 0 Å². The fourth-order valence-corrected chi connectivity index (χ4v) is 4.33. The number of nitrogens with zero attached hydrogens (tertiary/aromatic N) is 1. The molecular weight excluding hydrogens is 354 g/mol. The Morgan fingerprint density at radius 3 is 2.36 bits per heavy atom. The highest BCUT2D eigenvalue weighted by Gasteiger charge is 2.54. The zero-order valence-corrected chi connectivity index (χ0v) is 18.0. The number of primary amides is 1. The maximum absolute atomic E-state index is 12.0. The molecule has 0 saturated carbocycles. The van der Waals surface area contributed by atoms with Crippen LogP contribution in [0.5, 0.6) is 0 Å². The number of piperidine rings is 1. The van der Waals surface area contributed by atoms with Crippen LogP contribution in [0, 0.1) is 5.92 Å². The number of nitrogens with two attached hydrogens (primary N) is 1. The zero-order chi connectivity index (χ0) is 21.1. The molecule has 0 bridgehead atoms. The molecule has 1 aliphatic rings. The molecule has 1 saturated heterocycles. The van der Waals surface area contributed by atoms with Crippen molar-refractivity contribution < 1.29 is 14.4 Å². The Balaban J connectivity index is 2.35. The fourth-order valence-electron chi connectivity index (χ4n) is 4.33. The number of rotatable bonds is 6. The number of hydrogen-bond donors (Lipinski definition) is 2. The first-order valence-corrected chi connectivity index (χ1v) is 10.2. The minimum absolute atomic E-state index is 0.0726. The molecule has 3 N–H and O–H groups in total. The summed E-state index contributed by atoms with van der Waals surface area (Å²) in [4.78, 5) is 29.8. The predicted octanol–water partition coefficient (Wildman–Crippen LogP) is 3.33. The van der Waals surface area contributed by atoms with Gasteiger partial charge in [0.25, 0.3) is 0 Å². The maximum Gasteiger partial charge on any atom is 0.309 e. The summed E-state index contributed by atoms with van der Waals surface area (Å²) in [6.07, 6.45) is 2.27. The lowest BCUT2D eigenvalue weighted by molar-refractivity contribution is -0.327. The van der Waals surface area contributed by atoms with E-state index in [0.717, 1.165) is 18.4 Å². The molecule has 1 aliphatic heterocycles. The van der Waals surface area contributed by atoms with E-state index >= 15 is 0 Å². The van der Waals surface area contributed by atoms with Gasteiger partial charge >= 0.3 is 11.8 Å². The van der Waals surface area contributed by atoms with Gasteiger partial charge in [-0.3, -0.25) is 14.4 Å². The highest BCUT2D eigenvalue weighted by Crippen LogP contribution is 2.47. The van der Waals surface area contributed by atoms with Crippen molar-refractivity contribution in [2.75, 3.05) is 0 Å². The smallest absolute Gasteiger partial charge is 0.309 e. The van der Waals surface area contributed by atoms with Crippen molar-refractivity contribution in [3.05, 3.63) is 35.9 Å². The second-order valence-electron chi connectivity index (χ2n) is 8.45. The van der Waals surface area contributed by atoms with Crippen molar-refractivity contribution in [1.82, 2.24) is 10.4 Å².